The number of carbonyl (C=O) groups excluding carboxylic acids is 3. The summed E-state index contributed by atoms with van der Waals surface area (Å²) < 4.78 is 6.11. The van der Waals surface area contributed by atoms with Crippen molar-refractivity contribution in [1.82, 2.24) is 5.32 Å². The van der Waals surface area contributed by atoms with Crippen molar-refractivity contribution < 1.29 is 19.1 Å². The molecule has 0 aliphatic carbocycles. The zero-order chi connectivity index (χ0) is 21.3. The van der Waals surface area contributed by atoms with Gasteiger partial charge in [-0.05, 0) is 54.5 Å². The molecular weight excluding hydrogens is 450 g/mol. The highest BCUT2D eigenvalue weighted by molar-refractivity contribution is 9.10. The van der Waals surface area contributed by atoms with Crippen molar-refractivity contribution in [2.75, 3.05) is 36.1 Å². The zero-order valence-electron chi connectivity index (χ0n) is 16.4. The van der Waals surface area contributed by atoms with Gasteiger partial charge in [-0.25, -0.2) is 9.69 Å². The first-order valence-electron chi connectivity index (χ1n) is 9.54. The summed E-state index contributed by atoms with van der Waals surface area (Å²) >= 11 is 3.34. The van der Waals surface area contributed by atoms with E-state index in [4.69, 9.17) is 4.74 Å². The second-order valence-corrected chi connectivity index (χ2v) is 7.99. The Bertz CT molecular complexity index is 1060. The van der Waals surface area contributed by atoms with E-state index in [1.54, 1.807) is 24.3 Å². The van der Waals surface area contributed by atoms with Crippen molar-refractivity contribution in [3.8, 4) is 0 Å². The number of hydrogen-bond donors (Lipinski definition) is 1. The number of nitrogens with zero attached hydrogens (tertiary/aromatic N) is 2. The van der Waals surface area contributed by atoms with Crippen LogP contribution < -0.4 is 15.1 Å². The highest BCUT2D eigenvalue weighted by atomic mass is 79.9. The number of barbiturate groups is 1. The molecule has 2 aliphatic heterocycles. The number of halogens is 1. The number of anilines is 2. The molecule has 2 fully saturated rings. The van der Waals surface area contributed by atoms with Crippen LogP contribution in [0.15, 0.2) is 52.5 Å². The first-order valence-corrected chi connectivity index (χ1v) is 10.3. The molecule has 7 nitrogen and oxygen atoms in total. The number of hydrogen-bond acceptors (Lipinski definition) is 5. The lowest BCUT2D eigenvalue weighted by Gasteiger charge is -2.29. The second-order valence-electron chi connectivity index (χ2n) is 7.08. The Balaban J connectivity index is 1.65. The number of urea groups is 1. The van der Waals surface area contributed by atoms with E-state index < -0.39 is 17.8 Å². The van der Waals surface area contributed by atoms with E-state index in [1.807, 2.05) is 25.1 Å². The minimum atomic E-state index is -0.764. The van der Waals surface area contributed by atoms with Gasteiger partial charge in [-0.1, -0.05) is 28.1 Å². The van der Waals surface area contributed by atoms with Gasteiger partial charge in [-0.2, -0.15) is 0 Å². The highest BCUT2D eigenvalue weighted by Crippen LogP contribution is 2.26. The molecule has 0 radical (unpaired) electrons. The van der Waals surface area contributed by atoms with Gasteiger partial charge in [0.15, 0.2) is 0 Å². The normalized spacial score (nSPS) is 18.7. The van der Waals surface area contributed by atoms with Crippen LogP contribution in [0, 0.1) is 6.92 Å². The van der Waals surface area contributed by atoms with Crippen LogP contribution in [0.2, 0.25) is 0 Å². The fourth-order valence-electron chi connectivity index (χ4n) is 3.50. The smallest absolute Gasteiger partial charge is 0.335 e. The third kappa shape index (κ3) is 4.01. The van der Waals surface area contributed by atoms with Crippen molar-refractivity contribution in [3.05, 3.63) is 63.6 Å². The van der Waals surface area contributed by atoms with Crippen LogP contribution >= 0.6 is 15.9 Å². The van der Waals surface area contributed by atoms with Crippen LogP contribution in [-0.4, -0.2) is 44.1 Å². The Morgan fingerprint density at radius 1 is 1.03 bits per heavy atom. The van der Waals surface area contributed by atoms with Crippen molar-refractivity contribution in [2.24, 2.45) is 0 Å². The molecule has 0 spiro atoms. The Labute approximate surface area is 182 Å². The molecule has 30 heavy (non-hydrogen) atoms. The molecule has 2 saturated heterocycles. The van der Waals surface area contributed by atoms with Crippen molar-refractivity contribution in [2.45, 2.75) is 6.92 Å². The number of benzene rings is 2. The maximum absolute atomic E-state index is 13.0. The molecule has 8 heteroatoms. The third-order valence-electron chi connectivity index (χ3n) is 5.10. The first-order chi connectivity index (χ1) is 14.4. The topological polar surface area (TPSA) is 79.0 Å². The van der Waals surface area contributed by atoms with E-state index in [2.05, 4.69) is 26.1 Å². The molecular formula is C22H20BrN3O4. The summed E-state index contributed by atoms with van der Waals surface area (Å²) in [6.45, 7) is 4.96. The van der Waals surface area contributed by atoms with Gasteiger partial charge in [0, 0.05) is 23.2 Å². The summed E-state index contributed by atoms with van der Waals surface area (Å²) in [6, 6.07) is 11.9. The lowest BCUT2D eigenvalue weighted by molar-refractivity contribution is -0.122. The van der Waals surface area contributed by atoms with Gasteiger partial charge in [-0.3, -0.25) is 14.9 Å². The minimum absolute atomic E-state index is 0.0863. The molecule has 0 bridgehead atoms. The van der Waals surface area contributed by atoms with Crippen LogP contribution in [0.4, 0.5) is 16.2 Å². The molecule has 154 valence electrons. The lowest BCUT2D eigenvalue weighted by Crippen LogP contribution is -2.54. The van der Waals surface area contributed by atoms with Crippen molar-refractivity contribution >= 4 is 51.2 Å². The summed E-state index contributed by atoms with van der Waals surface area (Å²) in [5, 5.41) is 2.25. The largest absolute Gasteiger partial charge is 0.378 e. The number of nitrogens with one attached hydrogen (secondary N) is 1. The lowest BCUT2D eigenvalue weighted by atomic mass is 10.0. The Morgan fingerprint density at radius 3 is 2.50 bits per heavy atom. The van der Waals surface area contributed by atoms with Crippen molar-refractivity contribution in [1.29, 1.82) is 0 Å². The molecule has 0 aromatic heterocycles. The molecule has 2 aromatic carbocycles. The van der Waals surface area contributed by atoms with Crippen LogP contribution in [-0.2, 0) is 14.3 Å². The molecule has 4 amide bonds. The van der Waals surface area contributed by atoms with Gasteiger partial charge in [-0.15, -0.1) is 0 Å². The van der Waals surface area contributed by atoms with Gasteiger partial charge >= 0.3 is 6.03 Å². The quantitative estimate of drug-likeness (QED) is 0.551. The van der Waals surface area contributed by atoms with E-state index in [0.29, 0.717) is 18.9 Å². The van der Waals surface area contributed by atoms with Crippen LogP contribution in [0.3, 0.4) is 0 Å². The number of carbonyl (C=O) groups is 3. The maximum Gasteiger partial charge on any atom is 0.335 e. The average Bonchev–Trinajstić information content (AvgIpc) is 2.72. The third-order valence-corrected chi connectivity index (χ3v) is 5.59. The molecule has 1 N–H and O–H groups in total. The average molecular weight is 470 g/mol. The summed E-state index contributed by atoms with van der Waals surface area (Å²) in [6.07, 6.45) is 1.54. The summed E-state index contributed by atoms with van der Waals surface area (Å²) in [4.78, 5) is 41.0. The van der Waals surface area contributed by atoms with E-state index in [-0.39, 0.29) is 5.57 Å². The SMILES string of the molecule is Cc1cc(N2CCOCC2)ccc1C=C1C(=O)NC(=O)N(c2cccc(Br)c2)C1=O. The number of imide groups is 2. The van der Waals surface area contributed by atoms with E-state index >= 15 is 0 Å². The predicted octanol–water partition coefficient (Wildman–Crippen LogP) is 3.26. The molecule has 4 rings (SSSR count). The van der Waals surface area contributed by atoms with E-state index in [9.17, 15) is 14.4 Å². The van der Waals surface area contributed by atoms with Gasteiger partial charge in [0.1, 0.15) is 5.57 Å². The van der Waals surface area contributed by atoms with Gasteiger partial charge in [0.05, 0.1) is 18.9 Å². The number of ether oxygens (including phenoxy) is 1. The molecule has 0 saturated carbocycles. The summed E-state index contributed by atoms with van der Waals surface area (Å²) in [5.74, 6) is -1.36. The monoisotopic (exact) mass is 469 g/mol. The number of aryl methyl sites for hydroxylation is 1. The van der Waals surface area contributed by atoms with E-state index in [0.717, 1.165) is 39.3 Å². The Hall–Kier alpha value is -2.97. The molecule has 0 unspecified atom stereocenters. The molecule has 2 aromatic rings. The van der Waals surface area contributed by atoms with Gasteiger partial charge < -0.3 is 9.64 Å². The standard InChI is InChI=1S/C22H20BrN3O4/c1-14-11-17(25-7-9-30-10-8-25)6-5-15(14)12-19-20(27)24-22(29)26(21(19)28)18-4-2-3-16(23)13-18/h2-6,11-13H,7-10H2,1H3,(H,24,27,29). The summed E-state index contributed by atoms with van der Waals surface area (Å²) in [5.41, 5.74) is 3.04. The fourth-order valence-corrected chi connectivity index (χ4v) is 3.89. The van der Waals surface area contributed by atoms with Gasteiger partial charge in [0.2, 0.25) is 0 Å². The molecule has 2 heterocycles. The first kappa shape index (κ1) is 20.3. The number of amides is 4. The maximum atomic E-state index is 13.0. The second kappa shape index (κ2) is 8.41. The minimum Gasteiger partial charge on any atom is -0.378 e. The molecule has 0 atom stereocenters. The van der Waals surface area contributed by atoms with Crippen LogP contribution in [0.1, 0.15) is 11.1 Å². The van der Waals surface area contributed by atoms with E-state index in [1.165, 1.54) is 6.08 Å². The fraction of sp³-hybridized carbons (Fsp3) is 0.227. The Kier molecular flexibility index (Phi) is 5.69. The van der Waals surface area contributed by atoms with Crippen LogP contribution in [0.5, 0.6) is 0 Å². The Morgan fingerprint density at radius 2 is 1.80 bits per heavy atom. The van der Waals surface area contributed by atoms with Crippen LogP contribution in [0.25, 0.3) is 6.08 Å². The number of morpholine rings is 1. The van der Waals surface area contributed by atoms with Gasteiger partial charge in [0.25, 0.3) is 11.8 Å². The molecule has 2 aliphatic rings. The van der Waals surface area contributed by atoms with Crippen molar-refractivity contribution in [3.63, 3.8) is 0 Å². The summed E-state index contributed by atoms with van der Waals surface area (Å²) in [7, 11) is 0. The predicted molar refractivity (Wildman–Crippen MR) is 117 cm³/mol. The highest BCUT2D eigenvalue weighted by Gasteiger charge is 2.36. The zero-order valence-corrected chi connectivity index (χ0v) is 17.9. The number of rotatable bonds is 3.